The molecule has 2 aliphatic carbocycles. The summed E-state index contributed by atoms with van der Waals surface area (Å²) in [4.78, 5) is 12.5. The average molecular weight is 405 g/mol. The molecule has 0 saturated heterocycles. The first-order valence-corrected chi connectivity index (χ1v) is 11.1. The molecule has 1 aromatic heterocycles. The lowest BCUT2D eigenvalue weighted by Gasteiger charge is -2.39. The fourth-order valence-corrected chi connectivity index (χ4v) is 7.36. The maximum atomic E-state index is 12.5. The first-order valence-electron chi connectivity index (χ1n) is 8.49. The van der Waals surface area contributed by atoms with Crippen LogP contribution in [0.3, 0.4) is 0 Å². The van der Waals surface area contributed by atoms with Crippen LogP contribution in [0.25, 0.3) is 0 Å². The Hall–Kier alpha value is -0.630. The van der Waals surface area contributed by atoms with Crippen LogP contribution in [-0.4, -0.2) is 38.3 Å². The van der Waals surface area contributed by atoms with Crippen molar-refractivity contribution in [3.63, 3.8) is 0 Å². The number of carbonyl (C=O) groups is 1. The smallest absolute Gasteiger partial charge is 0.252 e. The highest BCUT2D eigenvalue weighted by Gasteiger charge is 2.61. The number of thiophene rings is 1. The Labute approximate surface area is 158 Å². The predicted octanol–water partition coefficient (Wildman–Crippen LogP) is 3.35. The number of halogens is 1. The van der Waals surface area contributed by atoms with Crippen LogP contribution < -0.4 is 5.32 Å². The molecule has 2 bridgehead atoms. The topological polar surface area (TPSA) is 66.5 Å². The van der Waals surface area contributed by atoms with Gasteiger partial charge in [-0.25, -0.2) is 8.42 Å². The van der Waals surface area contributed by atoms with Gasteiger partial charge in [0.15, 0.2) is 0 Å². The summed E-state index contributed by atoms with van der Waals surface area (Å²) in [5.41, 5.74) is 0.280. The van der Waals surface area contributed by atoms with Crippen LogP contribution >= 0.6 is 22.9 Å². The first kappa shape index (κ1) is 19.1. The van der Waals surface area contributed by atoms with Crippen LogP contribution in [0.5, 0.6) is 0 Å². The molecule has 140 valence electrons. The Kier molecular flexibility index (Phi) is 4.76. The van der Waals surface area contributed by atoms with Crippen LogP contribution in [0, 0.1) is 16.7 Å². The van der Waals surface area contributed by atoms with E-state index in [1.165, 1.54) is 19.5 Å². The summed E-state index contributed by atoms with van der Waals surface area (Å²) in [5, 5.41) is 3.10. The van der Waals surface area contributed by atoms with Gasteiger partial charge in [-0.2, -0.15) is 4.31 Å². The van der Waals surface area contributed by atoms with E-state index in [2.05, 4.69) is 26.1 Å². The van der Waals surface area contributed by atoms with Gasteiger partial charge in [0.25, 0.3) is 10.0 Å². The molecule has 3 rings (SSSR count). The number of fused-ring (bicyclic) bond motifs is 2. The third-order valence-electron chi connectivity index (χ3n) is 6.71. The fraction of sp³-hybridized carbons (Fsp3) is 0.706. The van der Waals surface area contributed by atoms with Crippen molar-refractivity contribution in [3.8, 4) is 0 Å². The molecule has 0 radical (unpaired) electrons. The zero-order valence-corrected chi connectivity index (χ0v) is 17.4. The fourth-order valence-electron chi connectivity index (χ4n) is 4.54. The normalized spacial score (nSPS) is 30.8. The molecule has 2 saturated carbocycles. The highest BCUT2D eigenvalue weighted by molar-refractivity contribution is 7.91. The molecule has 1 N–H and O–H groups in total. The van der Waals surface area contributed by atoms with Gasteiger partial charge >= 0.3 is 0 Å². The van der Waals surface area contributed by atoms with Crippen molar-refractivity contribution in [2.24, 2.45) is 16.7 Å². The lowest BCUT2D eigenvalue weighted by atomic mass is 9.69. The summed E-state index contributed by atoms with van der Waals surface area (Å²) in [6.07, 6.45) is 3.30. The van der Waals surface area contributed by atoms with E-state index in [-0.39, 0.29) is 33.5 Å². The van der Waals surface area contributed by atoms with Crippen LogP contribution in [-0.2, 0) is 14.8 Å². The molecular formula is C17H25ClN2O3S2. The van der Waals surface area contributed by atoms with Gasteiger partial charge in [-0.1, -0.05) is 32.4 Å². The van der Waals surface area contributed by atoms with E-state index in [1.807, 2.05) is 0 Å². The molecule has 0 spiro atoms. The predicted molar refractivity (Wildman–Crippen MR) is 100 cm³/mol. The van der Waals surface area contributed by atoms with Crippen molar-refractivity contribution in [2.75, 3.05) is 13.6 Å². The van der Waals surface area contributed by atoms with Gasteiger partial charge in [0.2, 0.25) is 5.91 Å². The molecule has 1 heterocycles. The minimum absolute atomic E-state index is 0.0754. The summed E-state index contributed by atoms with van der Waals surface area (Å²) < 4.78 is 26.7. The van der Waals surface area contributed by atoms with Crippen molar-refractivity contribution >= 4 is 38.9 Å². The summed E-state index contributed by atoms with van der Waals surface area (Å²) in [6.45, 7) is 6.64. The Morgan fingerprint density at radius 1 is 1.40 bits per heavy atom. The third-order valence-corrected chi connectivity index (χ3v) is 10.2. The maximum absolute atomic E-state index is 12.5. The maximum Gasteiger partial charge on any atom is 0.252 e. The van der Waals surface area contributed by atoms with Crippen molar-refractivity contribution < 1.29 is 13.2 Å². The van der Waals surface area contributed by atoms with E-state index in [4.69, 9.17) is 11.6 Å². The molecule has 2 fully saturated rings. The number of amides is 1. The van der Waals surface area contributed by atoms with Gasteiger partial charge < -0.3 is 5.32 Å². The Balaban J connectivity index is 1.66. The molecule has 1 aromatic rings. The minimum atomic E-state index is -3.69. The number of nitrogens with zero attached hydrogens (tertiary/aromatic N) is 1. The molecule has 0 aliphatic heterocycles. The van der Waals surface area contributed by atoms with E-state index < -0.39 is 10.0 Å². The highest BCUT2D eigenvalue weighted by atomic mass is 35.5. The van der Waals surface area contributed by atoms with Crippen molar-refractivity contribution in [1.29, 1.82) is 0 Å². The standard InChI is InChI=1S/C17H25ClN2O3S2/c1-16(2)11-7-8-17(16,3)12(9-11)19-14(21)10-20(4)25(22,23)15-6-5-13(18)24-15/h5-6,11-12H,7-10H2,1-4H3,(H,19,21). The zero-order valence-electron chi connectivity index (χ0n) is 15.0. The van der Waals surface area contributed by atoms with Gasteiger partial charge in [0.05, 0.1) is 10.9 Å². The summed E-state index contributed by atoms with van der Waals surface area (Å²) in [5.74, 6) is 0.376. The lowest BCUT2D eigenvalue weighted by Crippen LogP contribution is -2.49. The van der Waals surface area contributed by atoms with Gasteiger partial charge in [-0.05, 0) is 48.1 Å². The second-order valence-electron chi connectivity index (χ2n) is 8.05. The van der Waals surface area contributed by atoms with Gasteiger partial charge in [-0.3, -0.25) is 4.79 Å². The molecular weight excluding hydrogens is 380 g/mol. The molecule has 2 aliphatic rings. The molecule has 3 atom stereocenters. The lowest BCUT2D eigenvalue weighted by molar-refractivity contribution is -0.122. The van der Waals surface area contributed by atoms with Gasteiger partial charge in [0, 0.05) is 13.1 Å². The Bertz CT molecular complexity index is 790. The first-order chi connectivity index (χ1) is 11.5. The van der Waals surface area contributed by atoms with Crippen molar-refractivity contribution in [3.05, 3.63) is 16.5 Å². The monoisotopic (exact) mass is 404 g/mol. The molecule has 3 unspecified atom stereocenters. The van der Waals surface area contributed by atoms with E-state index in [1.54, 1.807) is 6.07 Å². The Morgan fingerprint density at radius 3 is 2.56 bits per heavy atom. The number of likely N-dealkylation sites (N-methyl/N-ethyl adjacent to an activating group) is 1. The van der Waals surface area contributed by atoms with E-state index in [9.17, 15) is 13.2 Å². The zero-order chi connectivity index (χ0) is 18.6. The second-order valence-corrected chi connectivity index (χ2v) is 12.0. The SMILES string of the molecule is CN(CC(=O)NC1CC2CCC1(C)C2(C)C)S(=O)(=O)c1ccc(Cl)s1. The molecule has 0 aromatic carbocycles. The largest absolute Gasteiger partial charge is 0.352 e. The van der Waals surface area contributed by atoms with Gasteiger partial charge in [0.1, 0.15) is 4.21 Å². The minimum Gasteiger partial charge on any atom is -0.352 e. The molecule has 8 heteroatoms. The van der Waals surface area contributed by atoms with Crippen LogP contribution in [0.4, 0.5) is 0 Å². The third kappa shape index (κ3) is 3.03. The highest BCUT2D eigenvalue weighted by Crippen LogP contribution is 2.65. The van der Waals surface area contributed by atoms with Crippen LogP contribution in [0.2, 0.25) is 4.34 Å². The molecule has 25 heavy (non-hydrogen) atoms. The van der Waals surface area contributed by atoms with E-state index >= 15 is 0 Å². The number of hydrogen-bond donors (Lipinski definition) is 1. The van der Waals surface area contributed by atoms with E-state index in [0.717, 1.165) is 28.5 Å². The van der Waals surface area contributed by atoms with Crippen LogP contribution in [0.15, 0.2) is 16.3 Å². The number of sulfonamides is 1. The summed E-state index contributed by atoms with van der Waals surface area (Å²) in [6, 6.07) is 3.13. The number of carbonyl (C=O) groups excluding carboxylic acids is 1. The Morgan fingerprint density at radius 2 is 2.08 bits per heavy atom. The summed E-state index contributed by atoms with van der Waals surface area (Å²) in [7, 11) is -2.26. The number of nitrogens with one attached hydrogen (secondary N) is 1. The second kappa shape index (κ2) is 6.22. The molecule has 5 nitrogen and oxygen atoms in total. The van der Waals surface area contributed by atoms with Crippen molar-refractivity contribution in [2.45, 2.75) is 50.3 Å². The van der Waals surface area contributed by atoms with Crippen LogP contribution in [0.1, 0.15) is 40.0 Å². The quantitative estimate of drug-likeness (QED) is 0.818. The average Bonchev–Trinajstić information content (AvgIpc) is 3.09. The van der Waals surface area contributed by atoms with E-state index in [0.29, 0.717) is 10.3 Å². The summed E-state index contributed by atoms with van der Waals surface area (Å²) >= 11 is 6.82. The number of rotatable bonds is 5. The molecule has 1 amide bonds. The van der Waals surface area contributed by atoms with Crippen molar-refractivity contribution in [1.82, 2.24) is 9.62 Å². The van der Waals surface area contributed by atoms with Gasteiger partial charge in [-0.15, -0.1) is 11.3 Å². The number of hydrogen-bond acceptors (Lipinski definition) is 4.